The second-order valence-electron chi connectivity index (χ2n) is 9.33. The number of carbonyl (C=O) groups is 2. The Morgan fingerprint density at radius 3 is 2.44 bits per heavy atom. The highest BCUT2D eigenvalue weighted by molar-refractivity contribution is 5.96. The molecule has 0 radical (unpaired) electrons. The lowest BCUT2D eigenvalue weighted by molar-refractivity contribution is -0.120. The Hall–Kier alpha value is -3.59. The van der Waals surface area contributed by atoms with Crippen molar-refractivity contribution in [3.63, 3.8) is 0 Å². The molecule has 0 unspecified atom stereocenters. The molecule has 1 aliphatic carbocycles. The number of Topliss-reactive ketones (excluding diaryl/α,β-unsaturated/α-hetero) is 1. The number of pyridine rings is 2. The molecule has 9 heteroatoms. The van der Waals surface area contributed by atoms with Crippen molar-refractivity contribution in [1.82, 2.24) is 15.3 Å². The van der Waals surface area contributed by atoms with E-state index in [0.29, 0.717) is 12.0 Å². The molecule has 0 bridgehead atoms. The van der Waals surface area contributed by atoms with Gasteiger partial charge in [0.2, 0.25) is 5.91 Å². The molecule has 36 heavy (non-hydrogen) atoms. The molecule has 1 fully saturated rings. The molecule has 1 saturated carbocycles. The summed E-state index contributed by atoms with van der Waals surface area (Å²) < 4.78 is 42.9. The summed E-state index contributed by atoms with van der Waals surface area (Å²) in [6.07, 6.45) is 4.55. The van der Waals surface area contributed by atoms with Crippen LogP contribution in [0.5, 0.6) is 0 Å². The fraction of sp³-hybridized carbons (Fsp3) is 0.333. The first kappa shape index (κ1) is 25.5. The number of hydrogen-bond acceptors (Lipinski definition) is 5. The second kappa shape index (κ2) is 10.6. The number of nitrogens with two attached hydrogens (primary N) is 1. The van der Waals surface area contributed by atoms with Crippen LogP contribution in [-0.2, 0) is 11.2 Å². The first-order valence-electron chi connectivity index (χ1n) is 11.7. The standard InChI is InChI=1S/C27H27F3N4O2/c1-14-10-16(11-22(31)26(14)33-15(2)35)18-8-9-32-13-17(18)12-24(36)23-7-6-21(30)27(34-23)25-19(28)4-3-5-20(25)29/h3-9,13-14,16,22,26H,10-12,31H2,1-2H3,(H,33,35)/t14-,16+,22+,26-/m0/s1. The number of nitrogens with zero attached hydrogens (tertiary/aromatic N) is 2. The van der Waals surface area contributed by atoms with E-state index in [1.165, 1.54) is 19.1 Å². The van der Waals surface area contributed by atoms with Gasteiger partial charge in [-0.2, -0.15) is 0 Å². The maximum atomic E-state index is 14.4. The van der Waals surface area contributed by atoms with Crippen molar-refractivity contribution in [2.45, 2.75) is 51.1 Å². The smallest absolute Gasteiger partial charge is 0.217 e. The minimum Gasteiger partial charge on any atom is -0.352 e. The first-order chi connectivity index (χ1) is 17.2. The van der Waals surface area contributed by atoms with Crippen molar-refractivity contribution in [2.75, 3.05) is 0 Å². The number of carbonyl (C=O) groups excluding carboxylic acids is 2. The summed E-state index contributed by atoms with van der Waals surface area (Å²) in [7, 11) is 0. The summed E-state index contributed by atoms with van der Waals surface area (Å²) in [5, 5.41) is 2.93. The number of ketones is 1. The van der Waals surface area contributed by atoms with Crippen molar-refractivity contribution in [3.8, 4) is 11.3 Å². The predicted octanol–water partition coefficient (Wildman–Crippen LogP) is 4.33. The minimum absolute atomic E-state index is 0.0510. The van der Waals surface area contributed by atoms with Gasteiger partial charge in [0, 0.05) is 37.8 Å². The molecule has 2 heterocycles. The van der Waals surface area contributed by atoms with Crippen LogP contribution in [0.15, 0.2) is 48.8 Å². The van der Waals surface area contributed by atoms with Gasteiger partial charge in [0.05, 0.1) is 5.56 Å². The van der Waals surface area contributed by atoms with E-state index >= 15 is 0 Å². The van der Waals surface area contributed by atoms with Crippen molar-refractivity contribution in [3.05, 3.63) is 83.1 Å². The molecule has 188 valence electrons. The van der Waals surface area contributed by atoms with Gasteiger partial charge in [0.1, 0.15) is 28.8 Å². The normalized spacial score (nSPS) is 21.7. The van der Waals surface area contributed by atoms with Gasteiger partial charge in [-0.25, -0.2) is 18.2 Å². The number of benzene rings is 1. The van der Waals surface area contributed by atoms with Crippen molar-refractivity contribution in [1.29, 1.82) is 0 Å². The van der Waals surface area contributed by atoms with E-state index in [1.54, 1.807) is 12.4 Å². The monoisotopic (exact) mass is 496 g/mol. The lowest BCUT2D eigenvalue weighted by Crippen LogP contribution is -2.54. The molecular weight excluding hydrogens is 469 g/mol. The van der Waals surface area contributed by atoms with E-state index in [0.717, 1.165) is 30.2 Å². The quantitative estimate of drug-likeness (QED) is 0.495. The van der Waals surface area contributed by atoms with E-state index in [2.05, 4.69) is 15.3 Å². The van der Waals surface area contributed by atoms with Crippen LogP contribution in [0.2, 0.25) is 0 Å². The van der Waals surface area contributed by atoms with E-state index in [1.807, 2.05) is 13.0 Å². The van der Waals surface area contributed by atoms with Crippen molar-refractivity contribution in [2.24, 2.45) is 11.7 Å². The van der Waals surface area contributed by atoms with Crippen LogP contribution < -0.4 is 11.1 Å². The number of aromatic nitrogens is 2. The molecule has 1 amide bonds. The Bertz CT molecular complexity index is 1270. The van der Waals surface area contributed by atoms with E-state index in [4.69, 9.17) is 5.73 Å². The maximum Gasteiger partial charge on any atom is 0.217 e. The van der Waals surface area contributed by atoms with Crippen LogP contribution in [0.3, 0.4) is 0 Å². The first-order valence-corrected chi connectivity index (χ1v) is 11.7. The zero-order valence-corrected chi connectivity index (χ0v) is 20.0. The molecule has 2 aromatic heterocycles. The predicted molar refractivity (Wildman–Crippen MR) is 129 cm³/mol. The van der Waals surface area contributed by atoms with E-state index < -0.39 is 34.5 Å². The molecule has 1 aromatic carbocycles. The molecular formula is C27H27F3N4O2. The lowest BCUT2D eigenvalue weighted by Gasteiger charge is -2.39. The summed E-state index contributed by atoms with van der Waals surface area (Å²) in [5.74, 6) is -3.27. The van der Waals surface area contributed by atoms with Crippen LogP contribution in [0, 0.1) is 23.4 Å². The number of rotatable bonds is 6. The summed E-state index contributed by atoms with van der Waals surface area (Å²) in [6.45, 7) is 3.50. The van der Waals surface area contributed by atoms with E-state index in [9.17, 15) is 22.8 Å². The average molecular weight is 497 g/mol. The maximum absolute atomic E-state index is 14.4. The summed E-state index contributed by atoms with van der Waals surface area (Å²) in [5.41, 5.74) is 6.71. The van der Waals surface area contributed by atoms with Gasteiger partial charge >= 0.3 is 0 Å². The molecule has 0 spiro atoms. The Labute approximate surface area is 207 Å². The SMILES string of the molecule is CC(=O)N[C@@H]1[C@H](N)C[C@H](c2ccncc2CC(=O)c2ccc(F)c(-c3c(F)cccc3F)n2)C[C@@H]1C. The molecule has 0 aliphatic heterocycles. The highest BCUT2D eigenvalue weighted by Crippen LogP contribution is 2.37. The third-order valence-electron chi connectivity index (χ3n) is 6.72. The number of halogens is 3. The van der Waals surface area contributed by atoms with E-state index in [-0.39, 0.29) is 41.9 Å². The highest BCUT2D eigenvalue weighted by Gasteiger charge is 2.35. The third kappa shape index (κ3) is 5.31. The van der Waals surface area contributed by atoms with Gasteiger partial charge in [-0.15, -0.1) is 0 Å². The summed E-state index contributed by atoms with van der Waals surface area (Å²) in [6, 6.07) is 6.82. The Kier molecular flexibility index (Phi) is 7.49. The van der Waals surface area contributed by atoms with Crippen LogP contribution in [-0.4, -0.2) is 33.7 Å². The van der Waals surface area contributed by atoms with Crippen LogP contribution in [0.4, 0.5) is 13.2 Å². The molecule has 4 rings (SSSR count). The zero-order valence-electron chi connectivity index (χ0n) is 20.0. The molecule has 1 aliphatic rings. The molecule has 0 saturated heterocycles. The van der Waals surface area contributed by atoms with Gasteiger partial charge in [-0.1, -0.05) is 13.0 Å². The zero-order chi connectivity index (χ0) is 26.0. The van der Waals surface area contributed by atoms with Gasteiger partial charge in [-0.05, 0) is 66.1 Å². The third-order valence-corrected chi connectivity index (χ3v) is 6.72. The van der Waals surface area contributed by atoms with Crippen LogP contribution in [0.1, 0.15) is 54.2 Å². The Morgan fingerprint density at radius 2 is 1.78 bits per heavy atom. The van der Waals surface area contributed by atoms with Gasteiger partial charge in [0.25, 0.3) is 0 Å². The fourth-order valence-corrected chi connectivity index (χ4v) is 5.07. The molecule has 6 nitrogen and oxygen atoms in total. The summed E-state index contributed by atoms with van der Waals surface area (Å²) >= 11 is 0. The number of amides is 1. The average Bonchev–Trinajstić information content (AvgIpc) is 2.82. The summed E-state index contributed by atoms with van der Waals surface area (Å²) in [4.78, 5) is 32.8. The van der Waals surface area contributed by atoms with Crippen LogP contribution in [0.25, 0.3) is 11.3 Å². The topological polar surface area (TPSA) is 98.0 Å². The molecule has 4 atom stereocenters. The van der Waals surface area contributed by atoms with Crippen LogP contribution >= 0.6 is 0 Å². The van der Waals surface area contributed by atoms with Gasteiger partial charge in [0.15, 0.2) is 5.78 Å². The lowest BCUT2D eigenvalue weighted by atomic mass is 9.72. The van der Waals surface area contributed by atoms with Gasteiger partial charge < -0.3 is 11.1 Å². The van der Waals surface area contributed by atoms with Gasteiger partial charge in [-0.3, -0.25) is 14.6 Å². The number of hydrogen-bond donors (Lipinski definition) is 2. The van der Waals surface area contributed by atoms with Crippen molar-refractivity contribution < 1.29 is 22.8 Å². The minimum atomic E-state index is -0.971. The second-order valence-corrected chi connectivity index (χ2v) is 9.33. The Morgan fingerprint density at radius 1 is 1.06 bits per heavy atom. The fourth-order valence-electron chi connectivity index (χ4n) is 5.07. The molecule has 3 N–H and O–H groups in total. The van der Waals surface area contributed by atoms with Crippen molar-refractivity contribution >= 4 is 11.7 Å². The number of nitrogens with one attached hydrogen (secondary N) is 1. The highest BCUT2D eigenvalue weighted by atomic mass is 19.1. The molecule has 3 aromatic rings. The largest absolute Gasteiger partial charge is 0.352 e. The Balaban J connectivity index is 1.59.